The fourth-order valence-electron chi connectivity index (χ4n) is 2.60. The van der Waals surface area contributed by atoms with Crippen LogP contribution in [0.15, 0.2) is 17.3 Å². The summed E-state index contributed by atoms with van der Waals surface area (Å²) in [6, 6.07) is 0. The van der Waals surface area contributed by atoms with Crippen molar-refractivity contribution in [3.63, 3.8) is 0 Å². The lowest BCUT2D eigenvalue weighted by Gasteiger charge is -2.21. The molecule has 23 heavy (non-hydrogen) atoms. The minimum absolute atomic E-state index is 0.0935. The van der Waals surface area contributed by atoms with Gasteiger partial charge in [-0.15, -0.1) is 0 Å². The molecular weight excluding hydrogens is 308 g/mol. The zero-order chi connectivity index (χ0) is 16.9. The second-order valence-corrected chi connectivity index (χ2v) is 5.15. The summed E-state index contributed by atoms with van der Waals surface area (Å²) in [5.74, 6) is -3.53. The largest absolute Gasteiger partial charge is 0.462 e. The number of aromatic nitrogens is 1. The van der Waals surface area contributed by atoms with Crippen LogP contribution < -0.4 is 10.2 Å². The van der Waals surface area contributed by atoms with Crippen LogP contribution in [-0.2, 0) is 4.74 Å². The molecule has 0 radical (unpaired) electrons. The standard InChI is InChI=1S/C16H13F2NO4/c1-4-22-16(21)9-5-19-7(2)6-23-15-12(18)11(17)8(3)10(13(15)19)14(9)20/h5-6H,4H2,1-3H3. The Bertz CT molecular complexity index is 944. The number of rotatable bonds is 2. The third-order valence-electron chi connectivity index (χ3n) is 3.74. The summed E-state index contributed by atoms with van der Waals surface area (Å²) in [7, 11) is 0. The lowest BCUT2D eigenvalue weighted by Crippen LogP contribution is -2.23. The molecule has 120 valence electrons. The Kier molecular flexibility index (Phi) is 3.43. The Labute approximate surface area is 129 Å². The van der Waals surface area contributed by atoms with Gasteiger partial charge in [-0.3, -0.25) is 4.79 Å². The van der Waals surface area contributed by atoms with Gasteiger partial charge in [0.2, 0.25) is 11.2 Å². The van der Waals surface area contributed by atoms with Crippen LogP contribution in [0.3, 0.4) is 0 Å². The molecule has 0 amide bonds. The number of pyridine rings is 1. The summed E-state index contributed by atoms with van der Waals surface area (Å²) in [6.45, 7) is 4.64. The van der Waals surface area contributed by atoms with Crippen LogP contribution in [-0.4, -0.2) is 17.1 Å². The minimum Gasteiger partial charge on any atom is -0.462 e. The highest BCUT2D eigenvalue weighted by Gasteiger charge is 2.28. The Balaban J connectivity index is 2.52. The van der Waals surface area contributed by atoms with E-state index in [1.165, 1.54) is 23.9 Å². The van der Waals surface area contributed by atoms with Gasteiger partial charge >= 0.3 is 5.97 Å². The molecule has 0 N–H and O–H groups in total. The second kappa shape index (κ2) is 5.19. The van der Waals surface area contributed by atoms with Crippen molar-refractivity contribution in [3.8, 4) is 5.75 Å². The number of allylic oxidation sites excluding steroid dienone is 1. The van der Waals surface area contributed by atoms with Gasteiger partial charge in [-0.2, -0.15) is 4.39 Å². The van der Waals surface area contributed by atoms with E-state index in [-0.39, 0.29) is 34.4 Å². The summed E-state index contributed by atoms with van der Waals surface area (Å²) in [5, 5.41) is -0.100. The van der Waals surface area contributed by atoms with E-state index in [4.69, 9.17) is 9.47 Å². The number of carbonyl (C=O) groups excluding carboxylic acids is 1. The predicted octanol–water partition coefficient (Wildman–Crippen LogP) is 2.98. The van der Waals surface area contributed by atoms with Crippen LogP contribution in [0, 0.1) is 18.6 Å². The lowest BCUT2D eigenvalue weighted by molar-refractivity contribution is 0.0524. The topological polar surface area (TPSA) is 57.5 Å². The Morgan fingerprint density at radius 1 is 1.30 bits per heavy atom. The van der Waals surface area contributed by atoms with Gasteiger partial charge in [-0.05, 0) is 20.8 Å². The van der Waals surface area contributed by atoms with Crippen molar-refractivity contribution in [3.05, 3.63) is 45.4 Å². The van der Waals surface area contributed by atoms with Crippen molar-refractivity contribution in [1.29, 1.82) is 0 Å². The maximum absolute atomic E-state index is 14.1. The fourth-order valence-corrected chi connectivity index (χ4v) is 2.60. The van der Waals surface area contributed by atoms with Gasteiger partial charge < -0.3 is 14.0 Å². The van der Waals surface area contributed by atoms with Gasteiger partial charge in [-0.1, -0.05) is 0 Å². The van der Waals surface area contributed by atoms with E-state index < -0.39 is 23.0 Å². The number of hydrogen-bond donors (Lipinski definition) is 0. The maximum atomic E-state index is 14.1. The molecule has 0 atom stereocenters. The zero-order valence-electron chi connectivity index (χ0n) is 12.7. The van der Waals surface area contributed by atoms with Crippen molar-refractivity contribution in [2.24, 2.45) is 0 Å². The third kappa shape index (κ3) is 2.03. The number of esters is 1. The first-order valence-electron chi connectivity index (χ1n) is 6.96. The molecule has 1 aliphatic rings. The van der Waals surface area contributed by atoms with E-state index in [0.29, 0.717) is 5.70 Å². The highest BCUT2D eigenvalue weighted by Crippen LogP contribution is 2.36. The number of benzene rings is 1. The van der Waals surface area contributed by atoms with E-state index >= 15 is 0 Å². The fraction of sp³-hybridized carbons (Fsp3) is 0.250. The second-order valence-electron chi connectivity index (χ2n) is 5.15. The molecule has 2 aromatic rings. The molecule has 0 aliphatic carbocycles. The Morgan fingerprint density at radius 2 is 2.00 bits per heavy atom. The third-order valence-corrected chi connectivity index (χ3v) is 3.74. The van der Waals surface area contributed by atoms with Gasteiger partial charge in [0.1, 0.15) is 17.3 Å². The smallest absolute Gasteiger partial charge is 0.343 e. The number of hydrogen-bond acceptors (Lipinski definition) is 4. The number of aryl methyl sites for hydroxylation is 1. The molecule has 5 nitrogen and oxygen atoms in total. The SMILES string of the molecule is CCOC(=O)c1cn2c3c(c(F)c(F)c(C)c3c1=O)OC=C2C. The molecule has 0 saturated heterocycles. The Morgan fingerprint density at radius 3 is 2.65 bits per heavy atom. The summed E-state index contributed by atoms with van der Waals surface area (Å²) in [5.41, 5.74) is -0.526. The summed E-state index contributed by atoms with van der Waals surface area (Å²) in [4.78, 5) is 24.6. The normalized spacial score (nSPS) is 12.8. The van der Waals surface area contributed by atoms with Gasteiger partial charge in [0.25, 0.3) is 0 Å². The maximum Gasteiger partial charge on any atom is 0.343 e. The first kappa shape index (κ1) is 15.2. The summed E-state index contributed by atoms with van der Waals surface area (Å²) < 4.78 is 39.6. The molecule has 1 aromatic carbocycles. The van der Waals surface area contributed by atoms with Crippen molar-refractivity contribution < 1.29 is 23.0 Å². The van der Waals surface area contributed by atoms with Crippen LogP contribution in [0.2, 0.25) is 0 Å². The van der Waals surface area contributed by atoms with Gasteiger partial charge in [-0.25, -0.2) is 9.18 Å². The number of halogens is 2. The quantitative estimate of drug-likeness (QED) is 0.798. The molecule has 1 aliphatic heterocycles. The van der Waals surface area contributed by atoms with E-state index in [9.17, 15) is 18.4 Å². The first-order valence-corrected chi connectivity index (χ1v) is 6.96. The average molecular weight is 321 g/mol. The Hall–Kier alpha value is -2.70. The highest BCUT2D eigenvalue weighted by atomic mass is 19.2. The van der Waals surface area contributed by atoms with E-state index in [0.717, 1.165) is 0 Å². The number of ether oxygens (including phenoxy) is 2. The zero-order valence-corrected chi connectivity index (χ0v) is 12.7. The van der Waals surface area contributed by atoms with E-state index in [1.54, 1.807) is 13.8 Å². The number of carbonyl (C=O) groups is 1. The minimum atomic E-state index is -1.18. The molecule has 0 fully saturated rings. The molecule has 3 rings (SSSR count). The van der Waals surface area contributed by atoms with Gasteiger partial charge in [0.05, 0.1) is 17.7 Å². The molecule has 7 heteroatoms. The first-order chi connectivity index (χ1) is 10.9. The molecule has 0 spiro atoms. The van der Waals surface area contributed by atoms with Crippen molar-refractivity contribution in [2.75, 3.05) is 6.61 Å². The predicted molar refractivity (Wildman–Crippen MR) is 79.4 cm³/mol. The van der Waals surface area contributed by atoms with Crippen molar-refractivity contribution in [1.82, 2.24) is 4.57 Å². The van der Waals surface area contributed by atoms with Crippen LogP contribution in [0.4, 0.5) is 8.78 Å². The molecular formula is C16H13F2NO4. The summed E-state index contributed by atoms with van der Waals surface area (Å²) in [6.07, 6.45) is 2.48. The molecule has 0 bridgehead atoms. The van der Waals surface area contributed by atoms with Gasteiger partial charge in [0.15, 0.2) is 11.6 Å². The molecule has 2 heterocycles. The summed E-state index contributed by atoms with van der Waals surface area (Å²) >= 11 is 0. The van der Waals surface area contributed by atoms with Crippen LogP contribution in [0.25, 0.3) is 16.6 Å². The molecule has 0 saturated carbocycles. The lowest BCUT2D eigenvalue weighted by atomic mass is 10.0. The number of nitrogens with zero attached hydrogens (tertiary/aromatic N) is 1. The van der Waals surface area contributed by atoms with Crippen LogP contribution in [0.5, 0.6) is 5.75 Å². The highest BCUT2D eigenvalue weighted by molar-refractivity contribution is 5.98. The molecule has 1 aromatic heterocycles. The monoisotopic (exact) mass is 321 g/mol. The molecule has 0 unspecified atom stereocenters. The van der Waals surface area contributed by atoms with Crippen LogP contribution in [0.1, 0.15) is 29.8 Å². The van der Waals surface area contributed by atoms with Crippen molar-refractivity contribution in [2.45, 2.75) is 20.8 Å². The van der Waals surface area contributed by atoms with Crippen LogP contribution >= 0.6 is 0 Å². The van der Waals surface area contributed by atoms with Crippen molar-refractivity contribution >= 4 is 22.6 Å². The van der Waals surface area contributed by atoms with E-state index in [1.807, 2.05) is 0 Å². The average Bonchev–Trinajstić information content (AvgIpc) is 2.52. The van der Waals surface area contributed by atoms with E-state index in [2.05, 4.69) is 0 Å². The van der Waals surface area contributed by atoms with Gasteiger partial charge in [0, 0.05) is 11.8 Å².